The van der Waals surface area contributed by atoms with Crippen molar-refractivity contribution in [2.24, 2.45) is 0 Å². The van der Waals surface area contributed by atoms with Crippen molar-refractivity contribution in [3.63, 3.8) is 0 Å². The molecule has 1 aliphatic heterocycles. The Hall–Kier alpha value is -1.80. The van der Waals surface area contributed by atoms with Crippen LogP contribution >= 0.6 is 0 Å². The Labute approximate surface area is 135 Å². The van der Waals surface area contributed by atoms with Crippen LogP contribution in [0.2, 0.25) is 0 Å². The zero-order valence-electron chi connectivity index (χ0n) is 14.2. The third kappa shape index (κ3) is 3.76. The lowest BCUT2D eigenvalue weighted by atomic mass is 9.96. The lowest BCUT2D eigenvalue weighted by molar-refractivity contribution is 0.190. The molecule has 0 spiro atoms. The minimum absolute atomic E-state index is 0.113. The van der Waals surface area contributed by atoms with Gasteiger partial charge in [-0.05, 0) is 7.05 Å². The Bertz CT molecular complexity index is 644. The normalized spacial score (nSPS) is 20.1. The Morgan fingerprint density at radius 1 is 1.13 bits per heavy atom. The van der Waals surface area contributed by atoms with E-state index in [-0.39, 0.29) is 11.5 Å². The summed E-state index contributed by atoms with van der Waals surface area (Å²) in [5.74, 6) is 2.66. The number of nitrogens with one attached hydrogen (secondary N) is 1. The van der Waals surface area contributed by atoms with Crippen LogP contribution in [-0.4, -0.2) is 51.9 Å². The molecule has 3 rings (SSSR count). The van der Waals surface area contributed by atoms with Crippen molar-refractivity contribution in [1.29, 1.82) is 0 Å². The molecule has 8 nitrogen and oxygen atoms in total. The minimum Gasteiger partial charge on any atom is -0.339 e. The highest BCUT2D eigenvalue weighted by atomic mass is 16.5. The summed E-state index contributed by atoms with van der Waals surface area (Å²) < 4.78 is 10.6. The molecule has 0 saturated carbocycles. The van der Waals surface area contributed by atoms with Gasteiger partial charge in [-0.3, -0.25) is 4.90 Å². The molecule has 1 atom stereocenters. The molecule has 0 aliphatic carbocycles. The molecular weight excluding hydrogens is 296 g/mol. The minimum atomic E-state index is -0.113. The number of hydrogen-bond acceptors (Lipinski definition) is 8. The first-order chi connectivity index (χ1) is 10.9. The predicted octanol–water partition coefficient (Wildman–Crippen LogP) is 1.11. The third-order valence-electron chi connectivity index (χ3n) is 3.98. The van der Waals surface area contributed by atoms with Gasteiger partial charge in [-0.1, -0.05) is 31.1 Å². The maximum Gasteiger partial charge on any atom is 0.227 e. The molecule has 23 heavy (non-hydrogen) atoms. The molecule has 2 aromatic rings. The van der Waals surface area contributed by atoms with Crippen molar-refractivity contribution < 1.29 is 9.05 Å². The van der Waals surface area contributed by atoms with E-state index in [9.17, 15) is 0 Å². The first kappa shape index (κ1) is 16.1. The molecule has 2 aromatic heterocycles. The largest absolute Gasteiger partial charge is 0.339 e. The van der Waals surface area contributed by atoms with Crippen molar-refractivity contribution in [3.05, 3.63) is 23.4 Å². The van der Waals surface area contributed by atoms with E-state index in [0.717, 1.165) is 25.5 Å². The van der Waals surface area contributed by atoms with Crippen LogP contribution in [0.5, 0.6) is 0 Å². The fourth-order valence-corrected chi connectivity index (χ4v) is 2.47. The molecule has 8 heteroatoms. The third-order valence-corrected chi connectivity index (χ3v) is 3.98. The zero-order chi connectivity index (χ0) is 16.4. The van der Waals surface area contributed by atoms with Gasteiger partial charge in [0.25, 0.3) is 0 Å². The van der Waals surface area contributed by atoms with Crippen LogP contribution in [0.25, 0.3) is 0 Å². The summed E-state index contributed by atoms with van der Waals surface area (Å²) in [4.78, 5) is 11.2. The lowest BCUT2D eigenvalue weighted by Crippen LogP contribution is -2.44. The van der Waals surface area contributed by atoms with Gasteiger partial charge in [-0.25, -0.2) is 0 Å². The van der Waals surface area contributed by atoms with Crippen LogP contribution in [0.4, 0.5) is 0 Å². The van der Waals surface area contributed by atoms with E-state index in [4.69, 9.17) is 9.05 Å². The second kappa shape index (κ2) is 6.37. The highest BCUT2D eigenvalue weighted by molar-refractivity contribution is 5.01. The number of likely N-dealkylation sites (N-methyl/N-ethyl adjacent to an activating group) is 1. The summed E-state index contributed by atoms with van der Waals surface area (Å²) in [6, 6.07) is 0.164. The first-order valence-electron chi connectivity index (χ1n) is 8.00. The first-order valence-corrected chi connectivity index (χ1v) is 8.00. The van der Waals surface area contributed by atoms with Gasteiger partial charge in [0.05, 0.1) is 6.04 Å². The topological polar surface area (TPSA) is 93.1 Å². The van der Waals surface area contributed by atoms with E-state index in [1.54, 1.807) is 0 Å². The molecule has 1 N–H and O–H groups in total. The van der Waals surface area contributed by atoms with Crippen LogP contribution in [0.1, 0.15) is 50.2 Å². The molecule has 1 aliphatic rings. The van der Waals surface area contributed by atoms with Crippen molar-refractivity contribution >= 4 is 0 Å². The fourth-order valence-electron chi connectivity index (χ4n) is 2.47. The number of aromatic nitrogens is 4. The molecule has 3 heterocycles. The summed E-state index contributed by atoms with van der Waals surface area (Å²) in [5.41, 5.74) is -0.113. The van der Waals surface area contributed by atoms with E-state index in [1.165, 1.54) is 0 Å². The van der Waals surface area contributed by atoms with Crippen LogP contribution in [0, 0.1) is 0 Å². The highest BCUT2D eigenvalue weighted by Crippen LogP contribution is 2.20. The quantitative estimate of drug-likeness (QED) is 0.895. The van der Waals surface area contributed by atoms with E-state index in [0.29, 0.717) is 30.4 Å². The number of piperazine rings is 1. The Morgan fingerprint density at radius 3 is 2.48 bits per heavy atom. The van der Waals surface area contributed by atoms with Crippen LogP contribution in [0.15, 0.2) is 9.05 Å². The zero-order valence-corrected chi connectivity index (χ0v) is 14.2. The van der Waals surface area contributed by atoms with E-state index >= 15 is 0 Å². The molecule has 1 fully saturated rings. The van der Waals surface area contributed by atoms with Gasteiger partial charge in [-0.2, -0.15) is 9.97 Å². The van der Waals surface area contributed by atoms with Crippen LogP contribution in [0.3, 0.4) is 0 Å². The van der Waals surface area contributed by atoms with Gasteiger partial charge in [0.1, 0.15) is 0 Å². The second-order valence-electron chi connectivity index (χ2n) is 7.01. The number of nitrogens with zero attached hydrogens (tertiary/aromatic N) is 5. The molecule has 0 radical (unpaired) electrons. The van der Waals surface area contributed by atoms with Crippen LogP contribution < -0.4 is 5.32 Å². The summed E-state index contributed by atoms with van der Waals surface area (Å²) in [6.07, 6.45) is 1.20. The average Bonchev–Trinajstić information content (AvgIpc) is 3.14. The molecular formula is C15H24N6O2. The highest BCUT2D eigenvalue weighted by Gasteiger charge is 2.25. The summed E-state index contributed by atoms with van der Waals surface area (Å²) in [6.45, 7) is 8.98. The Balaban J connectivity index is 1.60. The smallest absolute Gasteiger partial charge is 0.227 e. The van der Waals surface area contributed by atoms with Crippen molar-refractivity contribution in [1.82, 2.24) is 30.5 Å². The van der Waals surface area contributed by atoms with Gasteiger partial charge < -0.3 is 14.4 Å². The molecule has 1 unspecified atom stereocenters. The van der Waals surface area contributed by atoms with Gasteiger partial charge in [-0.15, -0.1) is 0 Å². The van der Waals surface area contributed by atoms with Gasteiger partial charge in [0.2, 0.25) is 11.8 Å². The molecule has 0 amide bonds. The maximum atomic E-state index is 5.36. The number of aryl methyl sites for hydroxylation is 2. The Morgan fingerprint density at radius 2 is 1.83 bits per heavy atom. The molecule has 126 valence electrons. The molecule has 0 aromatic carbocycles. The Kier molecular flexibility index (Phi) is 4.45. The molecule has 0 bridgehead atoms. The summed E-state index contributed by atoms with van der Waals surface area (Å²) in [7, 11) is 2.08. The number of hydrogen-bond donors (Lipinski definition) is 1. The van der Waals surface area contributed by atoms with Crippen LogP contribution in [-0.2, 0) is 18.3 Å². The number of rotatable bonds is 4. The van der Waals surface area contributed by atoms with Gasteiger partial charge in [0, 0.05) is 37.9 Å². The van der Waals surface area contributed by atoms with Crippen molar-refractivity contribution in [2.45, 2.75) is 45.1 Å². The SMILES string of the molecule is CN1CCNCC1c1noc(CCc2nc(C(C)(C)C)no2)n1. The monoisotopic (exact) mass is 320 g/mol. The summed E-state index contributed by atoms with van der Waals surface area (Å²) >= 11 is 0. The average molecular weight is 320 g/mol. The lowest BCUT2D eigenvalue weighted by Gasteiger charge is -2.30. The van der Waals surface area contributed by atoms with E-state index in [1.807, 2.05) is 0 Å². The summed E-state index contributed by atoms with van der Waals surface area (Å²) in [5, 5.41) is 11.5. The van der Waals surface area contributed by atoms with Gasteiger partial charge in [0.15, 0.2) is 11.6 Å². The van der Waals surface area contributed by atoms with Crippen molar-refractivity contribution in [3.8, 4) is 0 Å². The molecule has 1 saturated heterocycles. The van der Waals surface area contributed by atoms with Crippen molar-refractivity contribution in [2.75, 3.05) is 26.7 Å². The van der Waals surface area contributed by atoms with E-state index in [2.05, 4.69) is 58.3 Å². The second-order valence-corrected chi connectivity index (χ2v) is 7.01. The fraction of sp³-hybridized carbons (Fsp3) is 0.733. The predicted molar refractivity (Wildman–Crippen MR) is 82.9 cm³/mol. The standard InChI is InChI=1S/C15H24N6O2/c1-15(2,3)14-18-12(23-20-14)6-5-11-17-13(19-22-11)10-9-16-7-8-21(10)4/h10,16H,5-9H2,1-4H3. The van der Waals surface area contributed by atoms with E-state index < -0.39 is 0 Å². The van der Waals surface area contributed by atoms with Gasteiger partial charge >= 0.3 is 0 Å². The maximum absolute atomic E-state index is 5.36.